The van der Waals surface area contributed by atoms with Crippen LogP contribution in [0.3, 0.4) is 0 Å². The van der Waals surface area contributed by atoms with Gasteiger partial charge in [-0.15, -0.1) is 0 Å². The number of benzene rings is 2. The standard InChI is InChI=1S/C16H18N2O2/c1-10-3-8-14(15(19)9-10)11(2)18-13-6-4-12(5-7-13)16(17)20/h3-9,11,18-19H,1-2H3,(H2,17,20). The predicted molar refractivity (Wildman–Crippen MR) is 79.8 cm³/mol. The van der Waals surface area contributed by atoms with Crippen LogP contribution in [0.2, 0.25) is 0 Å². The normalized spacial score (nSPS) is 11.9. The van der Waals surface area contributed by atoms with E-state index in [1.54, 1.807) is 30.3 Å². The topological polar surface area (TPSA) is 75.3 Å². The van der Waals surface area contributed by atoms with Crippen LogP contribution in [0.1, 0.15) is 34.5 Å². The Morgan fingerprint density at radius 1 is 1.20 bits per heavy atom. The Labute approximate surface area is 118 Å². The quantitative estimate of drug-likeness (QED) is 0.799. The van der Waals surface area contributed by atoms with Gasteiger partial charge < -0.3 is 16.2 Å². The van der Waals surface area contributed by atoms with Gasteiger partial charge in [0.1, 0.15) is 5.75 Å². The third-order valence-electron chi connectivity index (χ3n) is 3.21. The summed E-state index contributed by atoms with van der Waals surface area (Å²) in [6.45, 7) is 3.90. The van der Waals surface area contributed by atoms with E-state index in [0.717, 1.165) is 16.8 Å². The minimum Gasteiger partial charge on any atom is -0.508 e. The van der Waals surface area contributed by atoms with Crippen LogP contribution in [0.5, 0.6) is 5.75 Å². The summed E-state index contributed by atoms with van der Waals surface area (Å²) in [5.41, 5.74) is 8.38. The van der Waals surface area contributed by atoms with E-state index < -0.39 is 5.91 Å². The molecule has 1 unspecified atom stereocenters. The van der Waals surface area contributed by atoms with Crippen molar-refractivity contribution >= 4 is 11.6 Å². The van der Waals surface area contributed by atoms with Gasteiger partial charge in [-0.3, -0.25) is 4.79 Å². The highest BCUT2D eigenvalue weighted by molar-refractivity contribution is 5.93. The zero-order valence-corrected chi connectivity index (χ0v) is 11.6. The molecule has 0 aliphatic rings. The van der Waals surface area contributed by atoms with Crippen molar-refractivity contribution in [1.29, 1.82) is 0 Å². The number of hydrogen-bond acceptors (Lipinski definition) is 3. The number of anilines is 1. The highest BCUT2D eigenvalue weighted by atomic mass is 16.3. The van der Waals surface area contributed by atoms with E-state index in [1.807, 2.05) is 26.0 Å². The highest BCUT2D eigenvalue weighted by Gasteiger charge is 2.10. The van der Waals surface area contributed by atoms with Gasteiger partial charge in [0, 0.05) is 16.8 Å². The molecule has 0 fully saturated rings. The van der Waals surface area contributed by atoms with Crippen molar-refractivity contribution in [1.82, 2.24) is 0 Å². The number of nitrogens with two attached hydrogens (primary N) is 1. The van der Waals surface area contributed by atoms with Crippen molar-refractivity contribution in [3.8, 4) is 5.75 Å². The van der Waals surface area contributed by atoms with Crippen LogP contribution < -0.4 is 11.1 Å². The van der Waals surface area contributed by atoms with Gasteiger partial charge in [0.05, 0.1) is 6.04 Å². The zero-order valence-electron chi connectivity index (χ0n) is 11.6. The maximum absolute atomic E-state index is 11.0. The van der Waals surface area contributed by atoms with Crippen molar-refractivity contribution in [2.75, 3.05) is 5.32 Å². The number of carbonyl (C=O) groups excluding carboxylic acids is 1. The number of amides is 1. The second kappa shape index (κ2) is 5.65. The molecule has 0 heterocycles. The van der Waals surface area contributed by atoms with E-state index in [9.17, 15) is 9.90 Å². The number of hydrogen-bond donors (Lipinski definition) is 3. The first-order chi connectivity index (χ1) is 9.47. The maximum atomic E-state index is 11.0. The Morgan fingerprint density at radius 3 is 2.40 bits per heavy atom. The fraction of sp³-hybridized carbons (Fsp3) is 0.188. The third-order valence-corrected chi connectivity index (χ3v) is 3.21. The number of aromatic hydroxyl groups is 1. The molecule has 104 valence electrons. The Balaban J connectivity index is 2.14. The molecule has 2 rings (SSSR count). The highest BCUT2D eigenvalue weighted by Crippen LogP contribution is 2.27. The molecule has 2 aromatic rings. The number of rotatable bonds is 4. The molecule has 4 heteroatoms. The molecule has 1 atom stereocenters. The van der Waals surface area contributed by atoms with Gasteiger partial charge in [-0.25, -0.2) is 0 Å². The van der Waals surface area contributed by atoms with E-state index in [1.165, 1.54) is 0 Å². The Morgan fingerprint density at radius 2 is 1.85 bits per heavy atom. The second-order valence-electron chi connectivity index (χ2n) is 4.87. The molecule has 0 aromatic heterocycles. The number of primary amides is 1. The average molecular weight is 270 g/mol. The summed E-state index contributed by atoms with van der Waals surface area (Å²) in [6.07, 6.45) is 0. The van der Waals surface area contributed by atoms with Gasteiger partial charge in [-0.05, 0) is 49.7 Å². The fourth-order valence-corrected chi connectivity index (χ4v) is 2.08. The lowest BCUT2D eigenvalue weighted by Crippen LogP contribution is -2.11. The van der Waals surface area contributed by atoms with Crippen molar-refractivity contribution < 1.29 is 9.90 Å². The lowest BCUT2D eigenvalue weighted by atomic mass is 10.0. The summed E-state index contributed by atoms with van der Waals surface area (Å²) in [5.74, 6) is -0.167. The molecule has 0 spiro atoms. The average Bonchev–Trinajstić information content (AvgIpc) is 2.39. The summed E-state index contributed by atoms with van der Waals surface area (Å²) >= 11 is 0. The summed E-state index contributed by atoms with van der Waals surface area (Å²) in [4.78, 5) is 11.0. The number of phenolic OH excluding ortho intramolecular Hbond substituents is 1. The molecule has 0 bridgehead atoms. The number of nitrogens with one attached hydrogen (secondary N) is 1. The van der Waals surface area contributed by atoms with E-state index in [2.05, 4.69) is 5.32 Å². The lowest BCUT2D eigenvalue weighted by Gasteiger charge is -2.17. The molecule has 4 N–H and O–H groups in total. The van der Waals surface area contributed by atoms with Gasteiger partial charge in [-0.2, -0.15) is 0 Å². The van der Waals surface area contributed by atoms with Gasteiger partial charge in [-0.1, -0.05) is 12.1 Å². The van der Waals surface area contributed by atoms with Gasteiger partial charge in [0.2, 0.25) is 5.91 Å². The van der Waals surface area contributed by atoms with E-state index in [4.69, 9.17) is 5.73 Å². The summed E-state index contributed by atoms with van der Waals surface area (Å²) in [5, 5.41) is 13.2. The van der Waals surface area contributed by atoms with Crippen LogP contribution in [0.15, 0.2) is 42.5 Å². The number of phenols is 1. The molecule has 20 heavy (non-hydrogen) atoms. The smallest absolute Gasteiger partial charge is 0.248 e. The molecular weight excluding hydrogens is 252 g/mol. The summed E-state index contributed by atoms with van der Waals surface area (Å²) in [6, 6.07) is 12.5. The monoisotopic (exact) mass is 270 g/mol. The molecule has 0 saturated carbocycles. The van der Waals surface area contributed by atoms with Crippen molar-refractivity contribution in [2.24, 2.45) is 5.73 Å². The molecule has 2 aromatic carbocycles. The van der Waals surface area contributed by atoms with Crippen LogP contribution in [0.4, 0.5) is 5.69 Å². The summed E-state index contributed by atoms with van der Waals surface area (Å²) in [7, 11) is 0. The summed E-state index contributed by atoms with van der Waals surface area (Å²) < 4.78 is 0. The largest absolute Gasteiger partial charge is 0.508 e. The van der Waals surface area contributed by atoms with Crippen LogP contribution in [-0.4, -0.2) is 11.0 Å². The van der Waals surface area contributed by atoms with Gasteiger partial charge >= 0.3 is 0 Å². The first kappa shape index (κ1) is 13.9. The fourth-order valence-electron chi connectivity index (χ4n) is 2.08. The van der Waals surface area contributed by atoms with E-state index in [0.29, 0.717) is 5.56 Å². The first-order valence-corrected chi connectivity index (χ1v) is 6.43. The van der Waals surface area contributed by atoms with E-state index >= 15 is 0 Å². The minimum atomic E-state index is -0.444. The Bertz CT molecular complexity index is 621. The molecule has 0 saturated heterocycles. The van der Waals surface area contributed by atoms with Crippen LogP contribution in [-0.2, 0) is 0 Å². The predicted octanol–water partition coefficient (Wildman–Crippen LogP) is 2.97. The van der Waals surface area contributed by atoms with Crippen molar-refractivity contribution in [2.45, 2.75) is 19.9 Å². The minimum absolute atomic E-state index is 0.0463. The maximum Gasteiger partial charge on any atom is 0.248 e. The molecule has 4 nitrogen and oxygen atoms in total. The molecule has 0 aliphatic carbocycles. The molecular formula is C16H18N2O2. The van der Waals surface area contributed by atoms with Crippen LogP contribution in [0, 0.1) is 6.92 Å². The number of aryl methyl sites for hydroxylation is 1. The van der Waals surface area contributed by atoms with Crippen molar-refractivity contribution in [3.63, 3.8) is 0 Å². The first-order valence-electron chi connectivity index (χ1n) is 6.43. The lowest BCUT2D eigenvalue weighted by molar-refractivity contribution is 0.100. The Hall–Kier alpha value is -2.49. The van der Waals surface area contributed by atoms with E-state index in [-0.39, 0.29) is 11.8 Å². The second-order valence-corrected chi connectivity index (χ2v) is 4.87. The molecule has 1 amide bonds. The SMILES string of the molecule is Cc1ccc(C(C)Nc2ccc(C(N)=O)cc2)c(O)c1. The van der Waals surface area contributed by atoms with Crippen LogP contribution >= 0.6 is 0 Å². The zero-order chi connectivity index (χ0) is 14.7. The van der Waals surface area contributed by atoms with Gasteiger partial charge in [0.25, 0.3) is 0 Å². The van der Waals surface area contributed by atoms with Crippen molar-refractivity contribution in [3.05, 3.63) is 59.2 Å². The third kappa shape index (κ3) is 3.09. The van der Waals surface area contributed by atoms with Crippen LogP contribution in [0.25, 0.3) is 0 Å². The van der Waals surface area contributed by atoms with Gasteiger partial charge in [0.15, 0.2) is 0 Å². The molecule has 0 radical (unpaired) electrons. The molecule has 0 aliphatic heterocycles. The number of carbonyl (C=O) groups is 1. The Kier molecular flexibility index (Phi) is 3.94.